The topological polar surface area (TPSA) is 73.0 Å². The van der Waals surface area contributed by atoms with E-state index in [1.807, 2.05) is 25.1 Å². The first kappa shape index (κ1) is 15.9. The molecule has 4 rings (SSSR count). The Bertz CT molecular complexity index is 931. The van der Waals surface area contributed by atoms with E-state index in [4.69, 9.17) is 16.0 Å². The summed E-state index contributed by atoms with van der Waals surface area (Å²) in [6.07, 6.45) is 4.47. The average Bonchev–Trinajstić information content (AvgIpc) is 3.22. The van der Waals surface area contributed by atoms with Gasteiger partial charge in [-0.1, -0.05) is 22.9 Å². The average molecular weight is 357 g/mol. The quantitative estimate of drug-likeness (QED) is 0.777. The van der Waals surface area contributed by atoms with Crippen molar-refractivity contribution in [1.29, 1.82) is 0 Å². The Hall–Kier alpha value is -2.60. The minimum Gasteiger partial charge on any atom is -0.469 e. The van der Waals surface area contributed by atoms with Crippen LogP contribution in [-0.2, 0) is 6.42 Å². The summed E-state index contributed by atoms with van der Waals surface area (Å²) in [5, 5.41) is 11.8. The number of halogens is 1. The van der Waals surface area contributed by atoms with Crippen LogP contribution in [0.2, 0.25) is 5.02 Å². The summed E-state index contributed by atoms with van der Waals surface area (Å²) in [5.41, 5.74) is 2.81. The number of nitrogens with one attached hydrogen (secondary N) is 1. The Kier molecular flexibility index (Phi) is 4.05. The van der Waals surface area contributed by atoms with Crippen LogP contribution in [0.25, 0.3) is 5.69 Å². The Morgan fingerprint density at radius 1 is 1.40 bits per heavy atom. The van der Waals surface area contributed by atoms with Gasteiger partial charge in [-0.05, 0) is 44.0 Å². The first-order valence-corrected chi connectivity index (χ1v) is 8.56. The summed E-state index contributed by atoms with van der Waals surface area (Å²) in [7, 11) is 0. The molecule has 2 heterocycles. The molecule has 0 saturated heterocycles. The first-order valence-electron chi connectivity index (χ1n) is 8.19. The predicted molar refractivity (Wildman–Crippen MR) is 93.0 cm³/mol. The molecule has 0 aliphatic heterocycles. The van der Waals surface area contributed by atoms with Gasteiger partial charge in [-0.3, -0.25) is 4.79 Å². The smallest absolute Gasteiger partial charge is 0.274 e. The number of fused-ring (bicyclic) bond motifs is 1. The highest BCUT2D eigenvalue weighted by molar-refractivity contribution is 6.30. The molecule has 2 aromatic heterocycles. The Morgan fingerprint density at radius 3 is 3.12 bits per heavy atom. The molecule has 0 radical (unpaired) electrons. The molecular formula is C18H17ClN4O2. The van der Waals surface area contributed by atoms with Gasteiger partial charge in [0, 0.05) is 17.0 Å². The van der Waals surface area contributed by atoms with Crippen molar-refractivity contribution in [3.8, 4) is 5.69 Å². The molecule has 1 aliphatic carbocycles. The van der Waals surface area contributed by atoms with Crippen LogP contribution < -0.4 is 5.32 Å². The number of furan rings is 1. The Morgan fingerprint density at radius 2 is 2.28 bits per heavy atom. The molecule has 7 heteroatoms. The minimum atomic E-state index is -0.232. The van der Waals surface area contributed by atoms with Crippen molar-refractivity contribution < 1.29 is 9.21 Å². The molecule has 128 valence electrons. The summed E-state index contributed by atoms with van der Waals surface area (Å²) >= 11 is 6.03. The molecule has 1 N–H and O–H groups in total. The number of nitrogens with zero attached hydrogens (tertiary/aromatic N) is 3. The second-order valence-electron chi connectivity index (χ2n) is 6.13. The molecule has 25 heavy (non-hydrogen) atoms. The summed E-state index contributed by atoms with van der Waals surface area (Å²) in [6, 6.07) is 9.15. The van der Waals surface area contributed by atoms with E-state index in [0.717, 1.165) is 36.3 Å². The van der Waals surface area contributed by atoms with Crippen LogP contribution in [0.4, 0.5) is 0 Å². The number of aryl methyl sites for hydroxylation is 1. The lowest BCUT2D eigenvalue weighted by atomic mass is 9.93. The van der Waals surface area contributed by atoms with Gasteiger partial charge in [0.1, 0.15) is 5.76 Å². The van der Waals surface area contributed by atoms with Crippen molar-refractivity contribution in [2.24, 2.45) is 0 Å². The second-order valence-corrected chi connectivity index (χ2v) is 6.57. The zero-order valence-electron chi connectivity index (χ0n) is 13.7. The number of carbonyl (C=O) groups is 1. The summed E-state index contributed by atoms with van der Waals surface area (Å²) < 4.78 is 7.09. The lowest BCUT2D eigenvalue weighted by Crippen LogP contribution is -2.31. The maximum atomic E-state index is 12.7. The molecule has 0 bridgehead atoms. The van der Waals surface area contributed by atoms with E-state index in [-0.39, 0.29) is 11.9 Å². The maximum absolute atomic E-state index is 12.7. The molecule has 1 atom stereocenters. The molecule has 1 aromatic carbocycles. The standard InChI is InChI=1S/C18H17ClN4O2/c1-11-17(21-22-23(11)13-5-2-4-12(19)10-13)18(24)20-15-6-3-7-16-14(15)8-9-25-16/h2,4-5,8-10,15H,3,6-7H2,1H3,(H,20,24). The number of hydrogen-bond donors (Lipinski definition) is 1. The number of carbonyl (C=O) groups excluding carboxylic acids is 1. The van der Waals surface area contributed by atoms with E-state index >= 15 is 0 Å². The third kappa shape index (κ3) is 2.93. The van der Waals surface area contributed by atoms with E-state index in [1.165, 1.54) is 0 Å². The number of amides is 1. The predicted octanol–water partition coefficient (Wildman–Crippen LogP) is 3.63. The zero-order chi connectivity index (χ0) is 17.4. The number of aromatic nitrogens is 3. The monoisotopic (exact) mass is 356 g/mol. The maximum Gasteiger partial charge on any atom is 0.274 e. The lowest BCUT2D eigenvalue weighted by Gasteiger charge is -2.22. The molecule has 0 spiro atoms. The second kappa shape index (κ2) is 6.37. The fourth-order valence-electron chi connectivity index (χ4n) is 3.26. The van der Waals surface area contributed by atoms with E-state index in [2.05, 4.69) is 15.6 Å². The highest BCUT2D eigenvalue weighted by atomic mass is 35.5. The van der Waals surface area contributed by atoms with Gasteiger partial charge in [0.2, 0.25) is 0 Å². The normalized spacial score (nSPS) is 16.5. The van der Waals surface area contributed by atoms with Crippen LogP contribution >= 0.6 is 11.6 Å². The van der Waals surface area contributed by atoms with E-state index < -0.39 is 0 Å². The molecule has 6 nitrogen and oxygen atoms in total. The van der Waals surface area contributed by atoms with Crippen LogP contribution in [-0.4, -0.2) is 20.9 Å². The SMILES string of the molecule is Cc1c(C(=O)NC2CCCc3occc32)nnn1-c1cccc(Cl)c1. The fourth-order valence-corrected chi connectivity index (χ4v) is 3.44. The van der Waals surface area contributed by atoms with Gasteiger partial charge in [0.25, 0.3) is 5.91 Å². The molecule has 0 saturated carbocycles. The van der Waals surface area contributed by atoms with Crippen LogP contribution in [0.15, 0.2) is 41.0 Å². The van der Waals surface area contributed by atoms with Crippen molar-refractivity contribution in [2.75, 3.05) is 0 Å². The Balaban J connectivity index is 1.58. The number of rotatable bonds is 3. The largest absolute Gasteiger partial charge is 0.469 e. The molecule has 0 fully saturated rings. The highest BCUT2D eigenvalue weighted by Gasteiger charge is 2.26. The lowest BCUT2D eigenvalue weighted by molar-refractivity contribution is 0.0926. The molecular weight excluding hydrogens is 340 g/mol. The van der Waals surface area contributed by atoms with Crippen molar-refractivity contribution in [3.05, 3.63) is 64.3 Å². The van der Waals surface area contributed by atoms with Crippen LogP contribution in [0.3, 0.4) is 0 Å². The summed E-state index contributed by atoms with van der Waals surface area (Å²) in [4.78, 5) is 12.7. The first-order chi connectivity index (χ1) is 12.1. The third-order valence-electron chi connectivity index (χ3n) is 4.52. The number of hydrogen-bond acceptors (Lipinski definition) is 4. The van der Waals surface area contributed by atoms with E-state index in [9.17, 15) is 4.79 Å². The summed E-state index contributed by atoms with van der Waals surface area (Å²) in [6.45, 7) is 1.82. The number of benzene rings is 1. The molecule has 1 unspecified atom stereocenters. The van der Waals surface area contributed by atoms with E-state index in [1.54, 1.807) is 23.1 Å². The zero-order valence-corrected chi connectivity index (χ0v) is 14.5. The molecule has 3 aromatic rings. The summed E-state index contributed by atoms with van der Waals surface area (Å²) in [5.74, 6) is 0.723. The van der Waals surface area contributed by atoms with Crippen LogP contribution in [0.5, 0.6) is 0 Å². The van der Waals surface area contributed by atoms with Crippen LogP contribution in [0, 0.1) is 6.92 Å². The van der Waals surface area contributed by atoms with Gasteiger partial charge in [-0.2, -0.15) is 0 Å². The van der Waals surface area contributed by atoms with E-state index in [0.29, 0.717) is 16.4 Å². The van der Waals surface area contributed by atoms with Gasteiger partial charge in [0.15, 0.2) is 5.69 Å². The van der Waals surface area contributed by atoms with Crippen molar-refractivity contribution in [1.82, 2.24) is 20.3 Å². The van der Waals surface area contributed by atoms with Gasteiger partial charge in [-0.25, -0.2) is 4.68 Å². The van der Waals surface area contributed by atoms with Crippen molar-refractivity contribution >= 4 is 17.5 Å². The van der Waals surface area contributed by atoms with Gasteiger partial charge >= 0.3 is 0 Å². The van der Waals surface area contributed by atoms with Gasteiger partial charge in [-0.15, -0.1) is 5.10 Å². The molecule has 1 amide bonds. The van der Waals surface area contributed by atoms with Gasteiger partial charge < -0.3 is 9.73 Å². The minimum absolute atomic E-state index is 0.0503. The molecule has 1 aliphatic rings. The highest BCUT2D eigenvalue weighted by Crippen LogP contribution is 2.30. The Labute approximate surface area is 149 Å². The van der Waals surface area contributed by atoms with Crippen LogP contribution in [0.1, 0.15) is 46.4 Å². The fraction of sp³-hybridized carbons (Fsp3) is 0.278. The van der Waals surface area contributed by atoms with Crippen molar-refractivity contribution in [3.63, 3.8) is 0 Å². The van der Waals surface area contributed by atoms with Crippen molar-refractivity contribution in [2.45, 2.75) is 32.2 Å². The van der Waals surface area contributed by atoms with Gasteiger partial charge in [0.05, 0.1) is 23.7 Å². The third-order valence-corrected chi connectivity index (χ3v) is 4.75.